The van der Waals surface area contributed by atoms with Gasteiger partial charge in [0.25, 0.3) is 7.37 Å². The Hall–Kier alpha value is -0.840. The highest BCUT2D eigenvalue weighted by Gasteiger charge is 2.41. The second kappa shape index (κ2) is 9.75. The van der Waals surface area contributed by atoms with Crippen LogP contribution in [0.3, 0.4) is 0 Å². The second-order valence-corrected chi connectivity index (χ2v) is 14.4. The van der Waals surface area contributed by atoms with E-state index in [-0.39, 0.29) is 13.0 Å². The molecule has 12 nitrogen and oxygen atoms in total. The molecule has 0 saturated heterocycles. The van der Waals surface area contributed by atoms with Gasteiger partial charge in [-0.25, -0.2) is 19.8 Å². The van der Waals surface area contributed by atoms with Gasteiger partial charge in [0.1, 0.15) is 17.5 Å². The van der Waals surface area contributed by atoms with Crippen LogP contribution in [-0.2, 0) is 26.6 Å². The number of thiazole rings is 1. The fourth-order valence-corrected chi connectivity index (χ4v) is 10.4. The number of aryl methyl sites for hydroxylation is 1. The third kappa shape index (κ3) is 8.01. The summed E-state index contributed by atoms with van der Waals surface area (Å²) in [6.07, 6.45) is 1.89. The Morgan fingerprint density at radius 3 is 2.57 bits per heavy atom. The van der Waals surface area contributed by atoms with Crippen molar-refractivity contribution < 1.29 is 42.7 Å². The minimum Gasteiger partial charge on any atom is -0.631 e. The quantitative estimate of drug-likeness (QED) is 0.218. The van der Waals surface area contributed by atoms with Gasteiger partial charge in [-0.15, -0.1) is 0 Å². The largest absolute Gasteiger partial charge is 0.631 e. The molecule has 0 spiro atoms. The van der Waals surface area contributed by atoms with Crippen molar-refractivity contribution in [3.05, 3.63) is 33.7 Å². The van der Waals surface area contributed by atoms with E-state index in [0.717, 1.165) is 16.1 Å². The van der Waals surface area contributed by atoms with Crippen molar-refractivity contribution in [2.75, 3.05) is 24.1 Å². The van der Waals surface area contributed by atoms with Crippen molar-refractivity contribution in [2.24, 2.45) is 0 Å². The average molecular weight is 501 g/mol. The molecular formula is C14H24N4O8P3S+. The van der Waals surface area contributed by atoms with Crippen LogP contribution in [0.4, 0.5) is 5.82 Å². The first-order chi connectivity index (χ1) is 13.7. The van der Waals surface area contributed by atoms with Crippen molar-refractivity contribution in [3.8, 4) is 0 Å². The molecule has 2 aromatic heterocycles. The molecule has 168 valence electrons. The molecule has 0 radical (unpaired) electrons. The zero-order valence-electron chi connectivity index (χ0n) is 16.3. The number of nitrogens with zero attached hydrogens (tertiary/aromatic N) is 3. The van der Waals surface area contributed by atoms with Gasteiger partial charge in [-0.1, -0.05) is 11.3 Å². The summed E-state index contributed by atoms with van der Waals surface area (Å²) in [6.45, 7) is 3.80. The van der Waals surface area contributed by atoms with Gasteiger partial charge in [-0.2, -0.15) is 4.57 Å². The minimum absolute atomic E-state index is 0.214. The van der Waals surface area contributed by atoms with Crippen molar-refractivity contribution in [1.29, 1.82) is 0 Å². The van der Waals surface area contributed by atoms with Crippen LogP contribution in [0.1, 0.15) is 22.0 Å². The normalized spacial score (nSPS) is 14.6. The van der Waals surface area contributed by atoms with E-state index in [1.165, 1.54) is 11.3 Å². The summed E-state index contributed by atoms with van der Waals surface area (Å²) >= 11 is 1.39. The highest BCUT2D eigenvalue weighted by molar-refractivity contribution is 7.81. The summed E-state index contributed by atoms with van der Waals surface area (Å²) in [6, 6.07) is 0. The van der Waals surface area contributed by atoms with Gasteiger partial charge in [-0.3, -0.25) is 9.13 Å². The van der Waals surface area contributed by atoms with Crippen LogP contribution in [0.25, 0.3) is 0 Å². The number of nitrogen functional groups attached to an aromatic ring is 1. The van der Waals surface area contributed by atoms with Gasteiger partial charge >= 0.3 is 7.60 Å². The van der Waals surface area contributed by atoms with E-state index >= 15 is 0 Å². The first-order valence-corrected chi connectivity index (χ1v) is 15.0. The topological polar surface area (TPSA) is 203 Å². The highest BCUT2D eigenvalue weighted by Crippen LogP contribution is 2.65. The fourth-order valence-electron chi connectivity index (χ4n) is 2.66. The van der Waals surface area contributed by atoms with Gasteiger partial charge in [0, 0.05) is 19.5 Å². The van der Waals surface area contributed by atoms with Crippen LogP contribution in [-0.4, -0.2) is 48.0 Å². The van der Waals surface area contributed by atoms with E-state index in [9.17, 15) is 14.0 Å². The number of hydrogen-bond donors (Lipinski definition) is 5. The molecule has 0 fully saturated rings. The maximum Gasteiger partial charge on any atom is 0.335 e. The molecule has 0 aliphatic rings. The lowest BCUT2D eigenvalue weighted by atomic mass is 10.2. The summed E-state index contributed by atoms with van der Waals surface area (Å²) in [5.41, 5.74) is 9.36. The lowest BCUT2D eigenvalue weighted by Gasteiger charge is -2.23. The Kier molecular flexibility index (Phi) is 8.26. The monoisotopic (exact) mass is 501 g/mol. The van der Waals surface area contributed by atoms with E-state index in [2.05, 4.69) is 9.97 Å². The number of hydrogen-bond acceptors (Lipinski definition) is 10. The predicted molar refractivity (Wildman–Crippen MR) is 110 cm³/mol. The Morgan fingerprint density at radius 1 is 1.33 bits per heavy atom. The Labute approximate surface area is 177 Å². The van der Waals surface area contributed by atoms with Gasteiger partial charge in [-0.05, 0) is 6.92 Å². The second-order valence-electron chi connectivity index (χ2n) is 6.70. The Balaban J connectivity index is 2.06. The molecule has 2 aromatic rings. The molecule has 1 atom stereocenters. The average Bonchev–Trinajstić information content (AvgIpc) is 2.87. The molecule has 16 heteroatoms. The van der Waals surface area contributed by atoms with E-state index in [0.29, 0.717) is 18.2 Å². The molecule has 0 bridgehead atoms. The van der Waals surface area contributed by atoms with Crippen LogP contribution in [0.15, 0.2) is 11.7 Å². The van der Waals surface area contributed by atoms with E-state index < -0.39 is 34.7 Å². The molecule has 0 aromatic carbocycles. The summed E-state index contributed by atoms with van der Waals surface area (Å²) in [5, 5.41) is 0. The standard InChI is InChI=1S/C14H23N4O8P3S/c1-10-13(30-7-18(10)6-12-5-16-11(2)17-14(12)15)3-4-26-27(19,8-28(20,21)22)9-29(23,24)25/h5,7H,3-4,6,8-9H2,1-2H3,(H5-,15,16,17,20,21,22,23,24,25)/p+1. The van der Waals surface area contributed by atoms with Crippen LogP contribution >= 0.6 is 34.2 Å². The molecule has 1 unspecified atom stereocenters. The number of nitrogens with two attached hydrogens (primary N) is 1. The maximum absolute atomic E-state index is 12.6. The molecule has 0 aliphatic heterocycles. The Bertz CT molecular complexity index is 990. The molecule has 30 heavy (non-hydrogen) atoms. The first kappa shape index (κ1) is 25.4. The lowest BCUT2D eigenvalue weighted by Crippen LogP contribution is -2.35. The van der Waals surface area contributed by atoms with Gasteiger partial charge in [0.2, 0.25) is 13.5 Å². The van der Waals surface area contributed by atoms with Gasteiger partial charge < -0.3 is 24.9 Å². The maximum atomic E-state index is 12.6. The third-order valence-electron chi connectivity index (χ3n) is 3.97. The SMILES string of the molecule is Cc1ncc(C[n+]2csc(CCOP(=O)(CP(=O)(O)O)C[P+]([O-])(O)O)c2C)c(N)n1. The van der Waals surface area contributed by atoms with E-state index in [1.807, 2.05) is 17.0 Å². The lowest BCUT2D eigenvalue weighted by molar-refractivity contribution is -0.689. The first-order valence-electron chi connectivity index (χ1n) is 8.54. The van der Waals surface area contributed by atoms with Crippen LogP contribution < -0.4 is 15.2 Å². The van der Waals surface area contributed by atoms with Gasteiger partial charge in [0.15, 0.2) is 18.1 Å². The third-order valence-corrected chi connectivity index (χ3v) is 12.2. The zero-order chi connectivity index (χ0) is 22.7. The summed E-state index contributed by atoms with van der Waals surface area (Å²) in [7, 11) is -13.8. The molecule has 2 heterocycles. The molecule has 0 saturated carbocycles. The zero-order valence-corrected chi connectivity index (χ0v) is 19.8. The summed E-state index contributed by atoms with van der Waals surface area (Å²) < 4.78 is 30.8. The Morgan fingerprint density at radius 2 is 2.00 bits per heavy atom. The van der Waals surface area contributed by atoms with Crippen molar-refractivity contribution in [3.63, 3.8) is 0 Å². The fraction of sp³-hybridized carbons (Fsp3) is 0.500. The molecule has 0 amide bonds. The summed E-state index contributed by atoms with van der Waals surface area (Å²) in [4.78, 5) is 56.6. The molecular weight excluding hydrogens is 477 g/mol. The van der Waals surface area contributed by atoms with Crippen LogP contribution in [0.5, 0.6) is 0 Å². The van der Waals surface area contributed by atoms with E-state index in [1.54, 1.807) is 13.1 Å². The molecule has 2 rings (SSSR count). The molecule has 0 aliphatic carbocycles. The van der Waals surface area contributed by atoms with Crippen LogP contribution in [0.2, 0.25) is 0 Å². The number of rotatable bonds is 10. The van der Waals surface area contributed by atoms with Gasteiger partial charge in [0.05, 0.1) is 17.0 Å². The predicted octanol–water partition coefficient (Wildman–Crippen LogP) is 0.110. The van der Waals surface area contributed by atoms with Crippen molar-refractivity contribution in [2.45, 2.75) is 26.8 Å². The number of aromatic nitrogens is 3. The minimum atomic E-state index is -4.79. The van der Waals surface area contributed by atoms with Crippen molar-refractivity contribution in [1.82, 2.24) is 9.97 Å². The smallest absolute Gasteiger partial charge is 0.335 e. The van der Waals surface area contributed by atoms with Crippen LogP contribution in [0, 0.1) is 13.8 Å². The van der Waals surface area contributed by atoms with Crippen molar-refractivity contribution >= 4 is 40.1 Å². The summed E-state index contributed by atoms with van der Waals surface area (Å²) in [5.74, 6) is -1.50. The van der Waals surface area contributed by atoms with E-state index in [4.69, 9.17) is 29.8 Å². The highest BCUT2D eigenvalue weighted by atomic mass is 32.1. The molecule has 6 N–H and O–H groups in total. The number of anilines is 1.